The zero-order chi connectivity index (χ0) is 49.8. The number of benzene rings is 12. The second-order valence-corrected chi connectivity index (χ2v) is 19.9. The first-order chi connectivity index (χ1) is 37.2. The van der Waals surface area contributed by atoms with Gasteiger partial charge in [0, 0.05) is 16.8 Å². The van der Waals surface area contributed by atoms with E-state index in [-0.39, 0.29) is 0 Å². The highest BCUT2D eigenvalue weighted by Gasteiger charge is 2.48. The first-order valence-electron chi connectivity index (χ1n) is 26.1. The van der Waals surface area contributed by atoms with E-state index >= 15 is 0 Å². The predicted octanol–water partition coefficient (Wildman–Crippen LogP) is 18.9. The third-order valence-electron chi connectivity index (χ3n) is 16.0. The Bertz CT molecular complexity index is 3940. The topological polar surface area (TPSA) is 3.24 Å². The Kier molecular flexibility index (Phi) is 10.7. The summed E-state index contributed by atoms with van der Waals surface area (Å²) in [5.41, 5.74) is 24.4. The van der Waals surface area contributed by atoms with Gasteiger partial charge in [0.15, 0.2) is 0 Å². The van der Waals surface area contributed by atoms with Gasteiger partial charge in [-0.1, -0.05) is 273 Å². The SMILES string of the molecule is c1ccc(-c2ccc(N(c3ccc(-c4ccc5c(c4)C(c4ccccc4)(c4ccccc4)c4ccccc4-5)cc3)c3cccc4c3-c3ccccc3C4(c3ccccc3)c3ccccc3)c(-c3ccccc3)c2)cc1. The van der Waals surface area contributed by atoms with Gasteiger partial charge >= 0.3 is 0 Å². The third kappa shape index (κ3) is 6.93. The smallest absolute Gasteiger partial charge is 0.0714 e. The van der Waals surface area contributed by atoms with E-state index in [9.17, 15) is 0 Å². The fraction of sp³-hybridized carbons (Fsp3) is 0.0270. The highest BCUT2D eigenvalue weighted by atomic mass is 15.1. The van der Waals surface area contributed by atoms with Crippen LogP contribution in [-0.2, 0) is 10.8 Å². The molecule has 352 valence electrons. The molecule has 0 aliphatic heterocycles. The Morgan fingerprint density at radius 1 is 0.213 bits per heavy atom. The van der Waals surface area contributed by atoms with Crippen molar-refractivity contribution in [2.75, 3.05) is 4.90 Å². The van der Waals surface area contributed by atoms with Crippen molar-refractivity contribution < 1.29 is 0 Å². The molecule has 0 N–H and O–H groups in total. The normalized spacial score (nSPS) is 13.3. The van der Waals surface area contributed by atoms with Crippen LogP contribution in [0.1, 0.15) is 44.5 Å². The van der Waals surface area contributed by atoms with Gasteiger partial charge in [-0.05, 0) is 125 Å². The monoisotopic (exact) mass is 953 g/mol. The van der Waals surface area contributed by atoms with E-state index in [1.54, 1.807) is 0 Å². The van der Waals surface area contributed by atoms with Crippen molar-refractivity contribution in [1.29, 1.82) is 0 Å². The zero-order valence-electron chi connectivity index (χ0n) is 41.4. The summed E-state index contributed by atoms with van der Waals surface area (Å²) in [6.45, 7) is 0. The van der Waals surface area contributed by atoms with E-state index in [2.05, 4.69) is 314 Å². The van der Waals surface area contributed by atoms with E-state index in [1.807, 2.05) is 0 Å². The molecule has 0 saturated heterocycles. The lowest BCUT2D eigenvalue weighted by atomic mass is 9.67. The van der Waals surface area contributed by atoms with Crippen molar-refractivity contribution in [2.24, 2.45) is 0 Å². The van der Waals surface area contributed by atoms with Gasteiger partial charge in [-0.2, -0.15) is 0 Å². The van der Waals surface area contributed by atoms with Crippen molar-refractivity contribution in [2.45, 2.75) is 10.8 Å². The maximum absolute atomic E-state index is 2.53. The molecule has 2 aliphatic rings. The largest absolute Gasteiger partial charge is 0.309 e. The Balaban J connectivity index is 0.995. The highest BCUT2D eigenvalue weighted by molar-refractivity contribution is 6.00. The average Bonchev–Trinajstić information content (AvgIpc) is 4.10. The number of rotatable bonds is 10. The lowest BCUT2D eigenvalue weighted by Crippen LogP contribution is -2.28. The summed E-state index contributed by atoms with van der Waals surface area (Å²) in [6, 6.07) is 115. The number of hydrogen-bond acceptors (Lipinski definition) is 1. The Morgan fingerprint density at radius 2 is 0.613 bits per heavy atom. The van der Waals surface area contributed by atoms with Crippen molar-refractivity contribution in [3.63, 3.8) is 0 Å². The van der Waals surface area contributed by atoms with Crippen molar-refractivity contribution >= 4 is 17.1 Å². The fourth-order valence-corrected chi connectivity index (χ4v) is 12.9. The average molecular weight is 954 g/mol. The van der Waals surface area contributed by atoms with E-state index < -0.39 is 10.8 Å². The standard InChI is InChI=1S/C74H51N/c1-7-24-52(25-8-1)55-45-49-70(65(50-55)54-26-9-2-10-27-54)75(71-41-23-40-68-72(71)64-37-20-22-39-67(64)73(68,57-28-11-3-12-29-57)58-30-13-4-14-31-58)61-46-42-53(43-47-61)56-44-48-63-62-36-19-21-38-66(62)74(69(63)51-56,59-32-15-5-16-33-59)60-34-17-6-18-35-60/h1-51H. The summed E-state index contributed by atoms with van der Waals surface area (Å²) in [4.78, 5) is 2.53. The van der Waals surface area contributed by atoms with Crippen LogP contribution in [0.2, 0.25) is 0 Å². The van der Waals surface area contributed by atoms with E-state index in [1.165, 1.54) is 83.5 Å². The molecular formula is C74H51N. The first-order valence-corrected chi connectivity index (χ1v) is 26.1. The second-order valence-electron chi connectivity index (χ2n) is 19.9. The summed E-state index contributed by atoms with van der Waals surface area (Å²) in [5.74, 6) is 0. The molecule has 0 atom stereocenters. The van der Waals surface area contributed by atoms with Crippen LogP contribution < -0.4 is 4.90 Å². The first kappa shape index (κ1) is 44.2. The summed E-state index contributed by atoms with van der Waals surface area (Å²) < 4.78 is 0. The minimum atomic E-state index is -0.554. The number of fused-ring (bicyclic) bond motifs is 6. The summed E-state index contributed by atoms with van der Waals surface area (Å²) in [5, 5.41) is 0. The molecule has 1 nitrogen and oxygen atoms in total. The zero-order valence-corrected chi connectivity index (χ0v) is 41.4. The molecule has 0 bridgehead atoms. The van der Waals surface area contributed by atoms with Gasteiger partial charge in [0.1, 0.15) is 0 Å². The van der Waals surface area contributed by atoms with Crippen molar-refractivity contribution in [1.82, 2.24) is 0 Å². The van der Waals surface area contributed by atoms with Gasteiger partial charge < -0.3 is 4.90 Å². The second kappa shape index (κ2) is 18.2. The quantitative estimate of drug-likeness (QED) is 0.132. The Labute approximate surface area is 440 Å². The Morgan fingerprint density at radius 3 is 1.19 bits per heavy atom. The molecule has 1 heteroatoms. The van der Waals surface area contributed by atoms with Crippen LogP contribution >= 0.6 is 0 Å². The molecule has 0 unspecified atom stereocenters. The van der Waals surface area contributed by atoms with Crippen LogP contribution in [0.4, 0.5) is 17.1 Å². The molecule has 12 aromatic rings. The van der Waals surface area contributed by atoms with Gasteiger partial charge in [0.2, 0.25) is 0 Å². The number of nitrogens with zero attached hydrogens (tertiary/aromatic N) is 1. The summed E-state index contributed by atoms with van der Waals surface area (Å²) in [7, 11) is 0. The third-order valence-corrected chi connectivity index (χ3v) is 16.0. The van der Waals surface area contributed by atoms with Crippen molar-refractivity contribution in [3.8, 4) is 55.6 Å². The molecule has 14 rings (SSSR count). The summed E-state index contributed by atoms with van der Waals surface area (Å²) >= 11 is 0. The van der Waals surface area contributed by atoms with Gasteiger partial charge in [-0.25, -0.2) is 0 Å². The number of anilines is 3. The molecule has 0 amide bonds. The lowest BCUT2D eigenvalue weighted by molar-refractivity contribution is 0.768. The fourth-order valence-electron chi connectivity index (χ4n) is 12.9. The van der Waals surface area contributed by atoms with Crippen molar-refractivity contribution in [3.05, 3.63) is 354 Å². The maximum atomic E-state index is 2.53. The molecule has 0 heterocycles. The lowest BCUT2D eigenvalue weighted by Gasteiger charge is -2.34. The molecule has 0 spiro atoms. The molecule has 2 aliphatic carbocycles. The van der Waals surface area contributed by atoms with Gasteiger partial charge in [-0.3, -0.25) is 0 Å². The molecule has 0 saturated carbocycles. The van der Waals surface area contributed by atoms with Crippen LogP contribution in [0.5, 0.6) is 0 Å². The van der Waals surface area contributed by atoms with E-state index in [4.69, 9.17) is 0 Å². The number of hydrogen-bond donors (Lipinski definition) is 0. The minimum Gasteiger partial charge on any atom is -0.309 e. The molecule has 75 heavy (non-hydrogen) atoms. The predicted molar refractivity (Wildman–Crippen MR) is 312 cm³/mol. The molecular weight excluding hydrogens is 903 g/mol. The maximum Gasteiger partial charge on any atom is 0.0714 e. The molecule has 0 fully saturated rings. The van der Waals surface area contributed by atoms with E-state index in [0.717, 1.165) is 33.8 Å². The van der Waals surface area contributed by atoms with E-state index in [0.29, 0.717) is 0 Å². The minimum absolute atomic E-state index is 0.486. The van der Waals surface area contributed by atoms with Crippen LogP contribution in [0.15, 0.2) is 309 Å². The van der Waals surface area contributed by atoms with Crippen LogP contribution in [0, 0.1) is 0 Å². The van der Waals surface area contributed by atoms with Crippen LogP contribution in [0.25, 0.3) is 55.6 Å². The summed E-state index contributed by atoms with van der Waals surface area (Å²) in [6.07, 6.45) is 0. The van der Waals surface area contributed by atoms with Crippen LogP contribution in [0.3, 0.4) is 0 Å². The molecule has 0 radical (unpaired) electrons. The molecule has 12 aromatic carbocycles. The molecule has 0 aromatic heterocycles. The van der Waals surface area contributed by atoms with Gasteiger partial charge in [-0.15, -0.1) is 0 Å². The highest BCUT2D eigenvalue weighted by Crippen LogP contribution is 2.61. The van der Waals surface area contributed by atoms with Gasteiger partial charge in [0.25, 0.3) is 0 Å². The van der Waals surface area contributed by atoms with Gasteiger partial charge in [0.05, 0.1) is 22.2 Å². The van der Waals surface area contributed by atoms with Crippen LogP contribution in [-0.4, -0.2) is 0 Å². The Hall–Kier alpha value is -9.56.